The van der Waals surface area contributed by atoms with Crippen LogP contribution in [-0.2, 0) is 11.3 Å². The van der Waals surface area contributed by atoms with Crippen LogP contribution in [0.2, 0.25) is 0 Å². The molecule has 0 saturated heterocycles. The van der Waals surface area contributed by atoms with Crippen molar-refractivity contribution in [3.05, 3.63) is 40.1 Å². The van der Waals surface area contributed by atoms with Crippen molar-refractivity contribution >= 4 is 28.6 Å². The van der Waals surface area contributed by atoms with Crippen molar-refractivity contribution in [1.29, 1.82) is 0 Å². The van der Waals surface area contributed by atoms with Gasteiger partial charge in [-0.2, -0.15) is 0 Å². The fourth-order valence-corrected chi connectivity index (χ4v) is 2.45. The lowest BCUT2D eigenvalue weighted by atomic mass is 10.2. The zero-order valence-corrected chi connectivity index (χ0v) is 11.7. The van der Waals surface area contributed by atoms with E-state index in [-0.39, 0.29) is 11.7 Å². The van der Waals surface area contributed by atoms with Crippen molar-refractivity contribution < 1.29 is 9.90 Å². The van der Waals surface area contributed by atoms with Gasteiger partial charge in [-0.05, 0) is 30.0 Å². The van der Waals surface area contributed by atoms with Crippen LogP contribution in [0.15, 0.2) is 29.6 Å². The predicted molar refractivity (Wildman–Crippen MR) is 78.8 cm³/mol. The third kappa shape index (κ3) is 3.48. The number of rotatable bonds is 4. The van der Waals surface area contributed by atoms with Crippen LogP contribution in [0.4, 0.5) is 11.4 Å². The van der Waals surface area contributed by atoms with E-state index in [0.717, 1.165) is 21.8 Å². The highest BCUT2D eigenvalue weighted by molar-refractivity contribution is 7.10. The van der Waals surface area contributed by atoms with E-state index in [4.69, 9.17) is 0 Å². The Hall–Kier alpha value is -2.01. The minimum atomic E-state index is -0.0763. The average Bonchev–Trinajstić information content (AvgIpc) is 2.77. The molecule has 2 aromatic rings. The fourth-order valence-electron chi connectivity index (χ4n) is 1.68. The van der Waals surface area contributed by atoms with Crippen molar-refractivity contribution in [2.24, 2.45) is 0 Å². The molecule has 2 rings (SSSR count). The Kier molecular flexibility index (Phi) is 4.06. The summed E-state index contributed by atoms with van der Waals surface area (Å²) in [6, 6.07) is 7.36. The van der Waals surface area contributed by atoms with E-state index in [1.807, 2.05) is 30.5 Å². The van der Waals surface area contributed by atoms with Crippen molar-refractivity contribution in [3.63, 3.8) is 0 Å². The first-order chi connectivity index (χ1) is 9.06. The second kappa shape index (κ2) is 5.75. The topological polar surface area (TPSA) is 61.4 Å². The Morgan fingerprint density at radius 3 is 2.84 bits per heavy atom. The number of carbonyl (C=O) groups is 1. The highest BCUT2D eigenvalue weighted by atomic mass is 32.1. The fraction of sp³-hybridized carbons (Fsp3) is 0.214. The Bertz CT molecular complexity index is 593. The lowest BCUT2D eigenvalue weighted by Gasteiger charge is -2.09. The molecule has 100 valence electrons. The van der Waals surface area contributed by atoms with E-state index in [0.29, 0.717) is 6.54 Å². The lowest BCUT2D eigenvalue weighted by Crippen LogP contribution is -2.08. The average molecular weight is 276 g/mol. The molecule has 0 bridgehead atoms. The zero-order valence-electron chi connectivity index (χ0n) is 10.9. The predicted octanol–water partition coefficient (Wildman–Crippen LogP) is 3.33. The molecular weight excluding hydrogens is 260 g/mol. The number of phenolic OH excluding ortho intramolecular Hbond substituents is 1. The zero-order chi connectivity index (χ0) is 13.8. The molecule has 0 unspecified atom stereocenters. The van der Waals surface area contributed by atoms with Crippen molar-refractivity contribution in [1.82, 2.24) is 0 Å². The van der Waals surface area contributed by atoms with Gasteiger partial charge in [-0.25, -0.2) is 0 Å². The monoisotopic (exact) mass is 276 g/mol. The Morgan fingerprint density at radius 2 is 2.16 bits per heavy atom. The molecule has 1 heterocycles. The Morgan fingerprint density at radius 1 is 1.37 bits per heavy atom. The normalized spacial score (nSPS) is 10.2. The van der Waals surface area contributed by atoms with Gasteiger partial charge in [-0.3, -0.25) is 4.79 Å². The lowest BCUT2D eigenvalue weighted by molar-refractivity contribution is -0.114. The van der Waals surface area contributed by atoms with Crippen LogP contribution in [0.3, 0.4) is 0 Å². The molecule has 4 nitrogen and oxygen atoms in total. The minimum absolute atomic E-state index is 0.0763. The quantitative estimate of drug-likeness (QED) is 0.802. The highest BCUT2D eigenvalue weighted by Crippen LogP contribution is 2.25. The molecule has 3 N–H and O–H groups in total. The van der Waals surface area contributed by atoms with Gasteiger partial charge in [0.05, 0.1) is 12.2 Å². The van der Waals surface area contributed by atoms with Gasteiger partial charge in [-0.1, -0.05) is 6.07 Å². The van der Waals surface area contributed by atoms with Crippen molar-refractivity contribution in [3.8, 4) is 5.75 Å². The van der Waals surface area contributed by atoms with Gasteiger partial charge in [-0.15, -0.1) is 11.3 Å². The first-order valence-electron chi connectivity index (χ1n) is 5.93. The number of phenols is 1. The summed E-state index contributed by atoms with van der Waals surface area (Å²) < 4.78 is 0. The largest absolute Gasteiger partial charge is 0.508 e. The second-order valence-corrected chi connectivity index (χ2v) is 5.29. The molecule has 19 heavy (non-hydrogen) atoms. The molecule has 5 heteroatoms. The van der Waals surface area contributed by atoms with Gasteiger partial charge < -0.3 is 15.7 Å². The van der Waals surface area contributed by atoms with Crippen LogP contribution >= 0.6 is 11.3 Å². The highest BCUT2D eigenvalue weighted by Gasteiger charge is 2.06. The summed E-state index contributed by atoms with van der Waals surface area (Å²) in [5.74, 6) is 0.200. The van der Waals surface area contributed by atoms with Crippen LogP contribution in [0.1, 0.15) is 17.4 Å². The minimum Gasteiger partial charge on any atom is -0.508 e. The van der Waals surface area contributed by atoms with Gasteiger partial charge in [0.15, 0.2) is 0 Å². The molecule has 1 aromatic heterocycles. The molecule has 0 atom stereocenters. The summed E-state index contributed by atoms with van der Waals surface area (Å²) >= 11 is 1.58. The van der Waals surface area contributed by atoms with Gasteiger partial charge in [0.1, 0.15) is 5.75 Å². The van der Waals surface area contributed by atoms with E-state index in [1.165, 1.54) is 6.92 Å². The maximum absolute atomic E-state index is 11.1. The molecule has 0 radical (unpaired) electrons. The maximum Gasteiger partial charge on any atom is 0.221 e. The third-order valence-corrected chi connectivity index (χ3v) is 3.64. The van der Waals surface area contributed by atoms with Gasteiger partial charge in [0.25, 0.3) is 0 Å². The number of aryl methyl sites for hydroxylation is 1. The van der Waals surface area contributed by atoms with Gasteiger partial charge >= 0.3 is 0 Å². The molecule has 1 aromatic carbocycles. The number of hydrogen-bond donors (Lipinski definition) is 3. The third-order valence-electron chi connectivity index (χ3n) is 2.72. The van der Waals surface area contributed by atoms with Crippen LogP contribution < -0.4 is 10.6 Å². The summed E-state index contributed by atoms with van der Waals surface area (Å²) in [6.07, 6.45) is 0. The van der Waals surface area contributed by atoms with Gasteiger partial charge in [0, 0.05) is 23.6 Å². The van der Waals surface area contributed by atoms with E-state index >= 15 is 0 Å². The van der Waals surface area contributed by atoms with Crippen LogP contribution in [-0.4, -0.2) is 11.0 Å². The number of thiophene rings is 1. The Balaban J connectivity index is 2.04. The van der Waals surface area contributed by atoms with Crippen LogP contribution in [0.5, 0.6) is 5.75 Å². The number of carbonyl (C=O) groups excluding carboxylic acids is 1. The van der Waals surface area contributed by atoms with Crippen molar-refractivity contribution in [2.45, 2.75) is 20.4 Å². The number of nitrogens with one attached hydrogen (secondary N) is 2. The number of amides is 1. The molecule has 0 aliphatic heterocycles. The number of anilines is 2. The van der Waals surface area contributed by atoms with E-state index in [9.17, 15) is 9.90 Å². The summed E-state index contributed by atoms with van der Waals surface area (Å²) in [6.45, 7) is 3.95. The number of benzene rings is 1. The molecule has 0 aliphatic carbocycles. The van der Waals surface area contributed by atoms with Crippen LogP contribution in [0, 0.1) is 6.92 Å². The van der Waals surface area contributed by atoms with E-state index < -0.39 is 0 Å². The SMILES string of the molecule is CC(=O)Nc1ccsc1CNc1ccc(C)c(O)c1. The first kappa shape index (κ1) is 13.4. The standard InChI is InChI=1S/C14H16N2O2S/c1-9-3-4-11(7-13(9)18)15-8-14-12(5-6-19-14)16-10(2)17/h3-7,15,18H,8H2,1-2H3,(H,16,17). The molecule has 0 fully saturated rings. The second-order valence-electron chi connectivity index (χ2n) is 4.29. The van der Waals surface area contributed by atoms with E-state index in [2.05, 4.69) is 10.6 Å². The summed E-state index contributed by atoms with van der Waals surface area (Å²) in [7, 11) is 0. The molecule has 0 spiro atoms. The molecule has 0 saturated carbocycles. The maximum atomic E-state index is 11.1. The Labute approximate surface area is 116 Å². The molecule has 1 amide bonds. The van der Waals surface area contributed by atoms with Crippen molar-refractivity contribution in [2.75, 3.05) is 10.6 Å². The molecular formula is C14H16N2O2S. The summed E-state index contributed by atoms with van der Waals surface area (Å²) in [5, 5.41) is 17.6. The summed E-state index contributed by atoms with van der Waals surface area (Å²) in [5.41, 5.74) is 2.53. The summed E-state index contributed by atoms with van der Waals surface area (Å²) in [4.78, 5) is 12.1. The molecule has 0 aliphatic rings. The number of aromatic hydroxyl groups is 1. The first-order valence-corrected chi connectivity index (χ1v) is 6.81. The van der Waals surface area contributed by atoms with Crippen LogP contribution in [0.25, 0.3) is 0 Å². The number of hydrogen-bond acceptors (Lipinski definition) is 4. The van der Waals surface area contributed by atoms with Gasteiger partial charge in [0.2, 0.25) is 5.91 Å². The van der Waals surface area contributed by atoms with E-state index in [1.54, 1.807) is 17.4 Å². The smallest absolute Gasteiger partial charge is 0.221 e.